The molecule has 3 aromatic carbocycles. The van der Waals surface area contributed by atoms with Crippen molar-refractivity contribution in [2.45, 2.75) is 38.1 Å². The Labute approximate surface area is 225 Å². The first-order valence-electron chi connectivity index (χ1n) is 13.0. The zero-order valence-electron chi connectivity index (χ0n) is 21.7. The standard InChI is InChI=1S/C29H30N8O2/c1-30-27(38)10-4-2-3-9-25(34-29(39)21-13-15-24(16-14-21)37-19-32-35-36-37)28-31-18-26(33-28)23-12-11-20-7-5-6-8-22(20)17-23/h5-8,11-19,25H,2-4,9-10H2,1H3,(H,30,38)(H,31,33)(H,34,39). The minimum absolute atomic E-state index is 0.0380. The zero-order chi connectivity index (χ0) is 27.0. The van der Waals surface area contributed by atoms with Crippen molar-refractivity contribution in [2.75, 3.05) is 7.05 Å². The molecule has 198 valence electrons. The molecule has 2 amide bonds. The van der Waals surface area contributed by atoms with Crippen molar-refractivity contribution in [3.63, 3.8) is 0 Å². The zero-order valence-corrected chi connectivity index (χ0v) is 21.7. The number of amides is 2. The van der Waals surface area contributed by atoms with E-state index < -0.39 is 0 Å². The lowest BCUT2D eigenvalue weighted by atomic mass is 10.0. The van der Waals surface area contributed by atoms with Crippen molar-refractivity contribution in [1.82, 2.24) is 40.8 Å². The van der Waals surface area contributed by atoms with E-state index in [-0.39, 0.29) is 17.9 Å². The number of rotatable bonds is 11. The number of H-pyrrole nitrogens is 1. The number of carbonyl (C=O) groups excluding carboxylic acids is 2. The van der Waals surface area contributed by atoms with E-state index in [9.17, 15) is 9.59 Å². The second-order valence-electron chi connectivity index (χ2n) is 9.34. The summed E-state index contributed by atoms with van der Waals surface area (Å²) in [6.07, 6.45) is 7.00. The molecule has 10 heteroatoms. The summed E-state index contributed by atoms with van der Waals surface area (Å²) in [5.41, 5.74) is 3.20. The highest BCUT2D eigenvalue weighted by Gasteiger charge is 2.19. The van der Waals surface area contributed by atoms with Crippen LogP contribution in [0.15, 0.2) is 79.3 Å². The third kappa shape index (κ3) is 6.35. The summed E-state index contributed by atoms with van der Waals surface area (Å²) >= 11 is 0. The number of carbonyl (C=O) groups is 2. The van der Waals surface area contributed by atoms with E-state index in [2.05, 4.69) is 66.5 Å². The summed E-state index contributed by atoms with van der Waals surface area (Å²) in [6, 6.07) is 21.3. The van der Waals surface area contributed by atoms with E-state index >= 15 is 0 Å². The lowest BCUT2D eigenvalue weighted by Crippen LogP contribution is -2.29. The van der Waals surface area contributed by atoms with Crippen LogP contribution in [0.4, 0.5) is 0 Å². The number of aromatic nitrogens is 6. The highest BCUT2D eigenvalue weighted by Crippen LogP contribution is 2.26. The van der Waals surface area contributed by atoms with Crippen LogP contribution in [0.3, 0.4) is 0 Å². The van der Waals surface area contributed by atoms with Gasteiger partial charge in [-0.3, -0.25) is 9.59 Å². The van der Waals surface area contributed by atoms with E-state index in [1.54, 1.807) is 31.3 Å². The van der Waals surface area contributed by atoms with Gasteiger partial charge in [0.25, 0.3) is 5.91 Å². The second kappa shape index (κ2) is 12.1. The smallest absolute Gasteiger partial charge is 0.251 e. The summed E-state index contributed by atoms with van der Waals surface area (Å²) in [6.45, 7) is 0. The molecule has 1 atom stereocenters. The molecule has 10 nitrogen and oxygen atoms in total. The molecule has 5 aromatic rings. The number of benzene rings is 3. The summed E-state index contributed by atoms with van der Waals surface area (Å²) in [5.74, 6) is 0.538. The SMILES string of the molecule is CNC(=O)CCCCCC(NC(=O)c1ccc(-n2cnnn2)cc1)c1ncc(-c2ccc3ccccc3c2)[nH]1. The molecule has 0 fully saturated rings. The molecule has 2 aromatic heterocycles. The highest BCUT2D eigenvalue weighted by molar-refractivity contribution is 5.94. The normalized spacial score (nSPS) is 11.8. The molecule has 1 unspecified atom stereocenters. The van der Waals surface area contributed by atoms with Gasteiger partial charge in [-0.15, -0.1) is 5.10 Å². The maximum atomic E-state index is 13.2. The molecule has 5 rings (SSSR count). The van der Waals surface area contributed by atoms with Crippen molar-refractivity contribution < 1.29 is 9.59 Å². The molecule has 0 saturated heterocycles. The van der Waals surface area contributed by atoms with Crippen LogP contribution in [0.2, 0.25) is 0 Å². The van der Waals surface area contributed by atoms with Crippen LogP contribution in [-0.4, -0.2) is 49.0 Å². The van der Waals surface area contributed by atoms with E-state index in [0.717, 1.165) is 41.6 Å². The summed E-state index contributed by atoms with van der Waals surface area (Å²) in [5, 5.41) is 19.3. The summed E-state index contributed by atoms with van der Waals surface area (Å²) in [4.78, 5) is 32.8. The maximum absolute atomic E-state index is 13.2. The Morgan fingerprint density at radius 2 is 1.79 bits per heavy atom. The number of hydrogen-bond acceptors (Lipinski definition) is 6. The van der Waals surface area contributed by atoms with Crippen molar-refractivity contribution in [2.24, 2.45) is 0 Å². The van der Waals surface area contributed by atoms with Gasteiger partial charge >= 0.3 is 0 Å². The number of aromatic amines is 1. The molecular formula is C29H30N8O2. The van der Waals surface area contributed by atoms with E-state index in [4.69, 9.17) is 0 Å². The monoisotopic (exact) mass is 522 g/mol. The first-order valence-corrected chi connectivity index (χ1v) is 13.0. The number of fused-ring (bicyclic) bond motifs is 1. The Morgan fingerprint density at radius 1 is 0.974 bits per heavy atom. The minimum Gasteiger partial charge on any atom is -0.359 e. The van der Waals surface area contributed by atoms with Gasteiger partial charge in [0.1, 0.15) is 12.2 Å². The van der Waals surface area contributed by atoms with Crippen LogP contribution in [0.25, 0.3) is 27.7 Å². The largest absolute Gasteiger partial charge is 0.359 e. The maximum Gasteiger partial charge on any atom is 0.251 e. The van der Waals surface area contributed by atoms with Gasteiger partial charge < -0.3 is 15.6 Å². The fourth-order valence-corrected chi connectivity index (χ4v) is 4.52. The molecule has 3 N–H and O–H groups in total. The van der Waals surface area contributed by atoms with Crippen molar-refractivity contribution in [1.29, 1.82) is 0 Å². The fourth-order valence-electron chi connectivity index (χ4n) is 4.52. The lowest BCUT2D eigenvalue weighted by molar-refractivity contribution is -0.120. The molecule has 39 heavy (non-hydrogen) atoms. The van der Waals surface area contributed by atoms with Gasteiger partial charge in [-0.2, -0.15) is 0 Å². The summed E-state index contributed by atoms with van der Waals surface area (Å²) < 4.78 is 1.53. The van der Waals surface area contributed by atoms with Gasteiger partial charge in [0.05, 0.1) is 23.6 Å². The van der Waals surface area contributed by atoms with Gasteiger partial charge in [0.15, 0.2) is 0 Å². The molecule has 0 aliphatic carbocycles. The first kappa shape index (κ1) is 25.8. The van der Waals surface area contributed by atoms with Gasteiger partial charge in [0.2, 0.25) is 5.91 Å². The second-order valence-corrected chi connectivity index (χ2v) is 9.34. The van der Waals surface area contributed by atoms with Crippen LogP contribution in [0.5, 0.6) is 0 Å². The molecule has 0 spiro atoms. The molecule has 0 aliphatic heterocycles. The van der Waals surface area contributed by atoms with Crippen LogP contribution in [0.1, 0.15) is 54.3 Å². The van der Waals surface area contributed by atoms with Crippen molar-refractivity contribution in [3.8, 4) is 16.9 Å². The molecule has 0 bridgehead atoms. The molecule has 0 radical (unpaired) electrons. The molecule has 0 saturated carbocycles. The Hall–Kier alpha value is -4.86. The number of nitrogens with zero attached hydrogens (tertiary/aromatic N) is 5. The third-order valence-electron chi connectivity index (χ3n) is 6.71. The van der Waals surface area contributed by atoms with E-state index in [1.807, 2.05) is 18.3 Å². The third-order valence-corrected chi connectivity index (χ3v) is 6.71. The number of nitrogens with one attached hydrogen (secondary N) is 3. The van der Waals surface area contributed by atoms with Crippen molar-refractivity contribution >= 4 is 22.6 Å². The predicted octanol–water partition coefficient (Wildman–Crippen LogP) is 4.37. The number of tetrazole rings is 1. The van der Waals surface area contributed by atoms with Crippen molar-refractivity contribution in [3.05, 3.63) is 90.6 Å². The van der Waals surface area contributed by atoms with Gasteiger partial charge in [-0.05, 0) is 64.4 Å². The topological polar surface area (TPSA) is 130 Å². The number of unbranched alkanes of at least 4 members (excludes halogenated alkanes) is 2. The lowest BCUT2D eigenvalue weighted by Gasteiger charge is -2.17. The quantitative estimate of drug-likeness (QED) is 0.221. The average molecular weight is 523 g/mol. The number of hydrogen-bond donors (Lipinski definition) is 3. The first-order chi connectivity index (χ1) is 19.1. The Kier molecular flexibility index (Phi) is 8.01. The molecule has 2 heterocycles. The Bertz CT molecular complexity index is 1540. The highest BCUT2D eigenvalue weighted by atomic mass is 16.2. The predicted molar refractivity (Wildman–Crippen MR) is 148 cm³/mol. The average Bonchev–Trinajstić information content (AvgIpc) is 3.69. The Morgan fingerprint density at radius 3 is 2.56 bits per heavy atom. The van der Waals surface area contributed by atoms with Gasteiger partial charge in [-0.1, -0.05) is 49.2 Å². The molecule has 0 aliphatic rings. The van der Waals surface area contributed by atoms with Crippen LogP contribution in [-0.2, 0) is 4.79 Å². The molecular weight excluding hydrogens is 492 g/mol. The Balaban J connectivity index is 1.31. The van der Waals surface area contributed by atoms with Crippen LogP contribution in [0, 0.1) is 0 Å². The van der Waals surface area contributed by atoms with Crippen LogP contribution < -0.4 is 10.6 Å². The van der Waals surface area contributed by atoms with Gasteiger partial charge in [0, 0.05) is 24.6 Å². The van der Waals surface area contributed by atoms with Gasteiger partial charge in [-0.25, -0.2) is 9.67 Å². The van der Waals surface area contributed by atoms with E-state index in [1.165, 1.54) is 16.4 Å². The number of imidazole rings is 1. The fraction of sp³-hybridized carbons (Fsp3) is 0.241. The van der Waals surface area contributed by atoms with Crippen LogP contribution >= 0.6 is 0 Å². The minimum atomic E-state index is -0.314. The van der Waals surface area contributed by atoms with E-state index in [0.29, 0.717) is 24.2 Å². The summed E-state index contributed by atoms with van der Waals surface area (Å²) in [7, 11) is 1.65.